The quantitative estimate of drug-likeness (QED) is 0.932. The maximum absolute atomic E-state index is 12.3. The molecule has 0 radical (unpaired) electrons. The Balaban J connectivity index is 1.70. The summed E-state index contributed by atoms with van der Waals surface area (Å²) in [5, 5.41) is 9.13. The van der Waals surface area contributed by atoms with Gasteiger partial charge in [0, 0.05) is 6.54 Å². The Morgan fingerprint density at radius 2 is 2.13 bits per heavy atom. The van der Waals surface area contributed by atoms with Crippen LogP contribution in [0.2, 0.25) is 0 Å². The van der Waals surface area contributed by atoms with E-state index in [0.717, 1.165) is 18.4 Å². The number of oxazole rings is 1. The molecule has 0 saturated carbocycles. The Morgan fingerprint density at radius 3 is 2.87 bits per heavy atom. The minimum absolute atomic E-state index is 0.155. The van der Waals surface area contributed by atoms with Gasteiger partial charge in [-0.2, -0.15) is 0 Å². The third kappa shape index (κ3) is 3.18. The number of hydrogen-bond acceptors (Lipinski definition) is 5. The second kappa shape index (κ2) is 6.51. The Hall–Kier alpha value is -2.83. The van der Waals surface area contributed by atoms with E-state index in [9.17, 15) is 9.59 Å². The van der Waals surface area contributed by atoms with Crippen LogP contribution in [0.3, 0.4) is 0 Å². The number of carboxylic acid groups (broad SMARTS) is 1. The number of hydrogen-bond donors (Lipinski definition) is 1. The largest absolute Gasteiger partial charge is 0.476 e. The molecule has 1 unspecified atom stereocenters. The molecule has 1 saturated heterocycles. The molecule has 0 aliphatic carbocycles. The van der Waals surface area contributed by atoms with Crippen LogP contribution in [0, 0.1) is 0 Å². The fraction of sp³-hybridized carbons (Fsp3) is 0.312. The summed E-state index contributed by atoms with van der Waals surface area (Å²) in [6.45, 7) is 0.670. The lowest BCUT2D eigenvalue weighted by Crippen LogP contribution is -2.31. The summed E-state index contributed by atoms with van der Waals surface area (Å²) in [5.74, 6) is -0.968. The molecule has 1 aliphatic heterocycles. The van der Waals surface area contributed by atoms with E-state index in [2.05, 4.69) is 4.98 Å². The summed E-state index contributed by atoms with van der Waals surface area (Å²) < 4.78 is 10.5. The zero-order valence-electron chi connectivity index (χ0n) is 12.3. The number of nitrogens with zero attached hydrogens (tertiary/aromatic N) is 2. The molecule has 0 spiro atoms. The van der Waals surface area contributed by atoms with Gasteiger partial charge < -0.3 is 14.3 Å². The summed E-state index contributed by atoms with van der Waals surface area (Å²) in [4.78, 5) is 28.7. The van der Waals surface area contributed by atoms with Crippen LogP contribution in [0.25, 0.3) is 0 Å². The van der Waals surface area contributed by atoms with Crippen molar-refractivity contribution in [3.63, 3.8) is 0 Å². The number of likely N-dealkylation sites (tertiary alicyclic amines) is 1. The van der Waals surface area contributed by atoms with Crippen LogP contribution >= 0.6 is 0 Å². The van der Waals surface area contributed by atoms with Crippen molar-refractivity contribution >= 4 is 12.1 Å². The molecule has 120 valence electrons. The van der Waals surface area contributed by atoms with Crippen molar-refractivity contribution in [2.24, 2.45) is 0 Å². The fourth-order valence-electron chi connectivity index (χ4n) is 2.71. The van der Waals surface area contributed by atoms with Crippen molar-refractivity contribution in [2.45, 2.75) is 25.5 Å². The molecular weight excluding hydrogens is 300 g/mol. The fourth-order valence-corrected chi connectivity index (χ4v) is 2.71. The number of rotatable bonds is 4. The van der Waals surface area contributed by atoms with E-state index >= 15 is 0 Å². The van der Waals surface area contributed by atoms with E-state index in [1.54, 1.807) is 0 Å². The number of ether oxygens (including phenoxy) is 1. The van der Waals surface area contributed by atoms with Gasteiger partial charge in [-0.25, -0.2) is 14.6 Å². The summed E-state index contributed by atoms with van der Waals surface area (Å²) in [6, 6.07) is 8.91. The second-order valence-electron chi connectivity index (χ2n) is 5.26. The Kier molecular flexibility index (Phi) is 4.27. The van der Waals surface area contributed by atoms with Crippen LogP contribution < -0.4 is 0 Å². The molecule has 1 N–H and O–H groups in total. The molecule has 7 heteroatoms. The predicted molar refractivity (Wildman–Crippen MR) is 78.8 cm³/mol. The Labute approximate surface area is 132 Å². The molecule has 0 bridgehead atoms. The van der Waals surface area contributed by atoms with Crippen LogP contribution in [0.15, 0.2) is 41.1 Å². The number of aromatic carboxylic acids is 1. The van der Waals surface area contributed by atoms with Gasteiger partial charge in [-0.05, 0) is 18.4 Å². The minimum Gasteiger partial charge on any atom is -0.476 e. The van der Waals surface area contributed by atoms with Crippen LogP contribution in [-0.2, 0) is 11.3 Å². The van der Waals surface area contributed by atoms with E-state index < -0.39 is 18.1 Å². The highest BCUT2D eigenvalue weighted by Gasteiger charge is 2.36. The van der Waals surface area contributed by atoms with Crippen molar-refractivity contribution < 1.29 is 23.8 Å². The lowest BCUT2D eigenvalue weighted by atomic mass is 10.1. The highest BCUT2D eigenvalue weighted by molar-refractivity contribution is 5.86. The first-order valence-electron chi connectivity index (χ1n) is 7.31. The van der Waals surface area contributed by atoms with E-state index in [0.29, 0.717) is 13.0 Å². The SMILES string of the molecule is O=C(O)c1ncoc1C1CCCN1C(=O)OCc1ccccc1. The molecule has 23 heavy (non-hydrogen) atoms. The Morgan fingerprint density at radius 1 is 1.35 bits per heavy atom. The van der Waals surface area contributed by atoms with Gasteiger partial charge in [0.1, 0.15) is 6.61 Å². The number of aromatic nitrogens is 1. The molecule has 7 nitrogen and oxygen atoms in total. The normalized spacial score (nSPS) is 17.2. The topological polar surface area (TPSA) is 92.9 Å². The predicted octanol–water partition coefficient (Wildman–Crippen LogP) is 2.85. The maximum Gasteiger partial charge on any atom is 0.410 e. The van der Waals surface area contributed by atoms with Gasteiger partial charge in [0.05, 0.1) is 6.04 Å². The standard InChI is InChI=1S/C16H16N2O5/c19-15(20)13-14(23-10-17-13)12-7-4-8-18(12)16(21)22-9-11-5-2-1-3-6-11/h1-3,5-6,10,12H,4,7-9H2,(H,19,20). The van der Waals surface area contributed by atoms with Crippen LogP contribution in [-0.4, -0.2) is 33.6 Å². The average Bonchev–Trinajstić information content (AvgIpc) is 3.21. The average molecular weight is 316 g/mol. The maximum atomic E-state index is 12.3. The van der Waals surface area contributed by atoms with Crippen LogP contribution in [0.5, 0.6) is 0 Å². The number of benzene rings is 1. The first-order chi connectivity index (χ1) is 11.2. The summed E-state index contributed by atoms with van der Waals surface area (Å²) in [7, 11) is 0. The van der Waals surface area contributed by atoms with Crippen molar-refractivity contribution in [1.29, 1.82) is 0 Å². The monoisotopic (exact) mass is 316 g/mol. The van der Waals surface area contributed by atoms with Crippen molar-refractivity contribution in [2.75, 3.05) is 6.54 Å². The van der Waals surface area contributed by atoms with Gasteiger partial charge >= 0.3 is 12.1 Å². The van der Waals surface area contributed by atoms with Gasteiger partial charge in [-0.1, -0.05) is 30.3 Å². The lowest BCUT2D eigenvalue weighted by molar-refractivity contribution is 0.0677. The lowest BCUT2D eigenvalue weighted by Gasteiger charge is -2.22. The van der Waals surface area contributed by atoms with Gasteiger partial charge in [0.25, 0.3) is 0 Å². The van der Waals surface area contributed by atoms with Crippen molar-refractivity contribution in [1.82, 2.24) is 9.88 Å². The van der Waals surface area contributed by atoms with E-state index in [4.69, 9.17) is 14.3 Å². The Bertz CT molecular complexity index is 698. The summed E-state index contributed by atoms with van der Waals surface area (Å²) in [5.41, 5.74) is 0.736. The zero-order chi connectivity index (χ0) is 16.2. The van der Waals surface area contributed by atoms with Gasteiger partial charge in [0.15, 0.2) is 17.8 Å². The van der Waals surface area contributed by atoms with Gasteiger partial charge in [-0.15, -0.1) is 0 Å². The number of carbonyl (C=O) groups is 2. The first kappa shape index (κ1) is 15.1. The van der Waals surface area contributed by atoms with Crippen molar-refractivity contribution in [3.8, 4) is 0 Å². The number of carboxylic acids is 1. The molecule has 1 fully saturated rings. The van der Waals surface area contributed by atoms with Crippen LogP contribution in [0.4, 0.5) is 4.79 Å². The van der Waals surface area contributed by atoms with Gasteiger partial charge in [-0.3, -0.25) is 4.90 Å². The van der Waals surface area contributed by atoms with Gasteiger partial charge in [0.2, 0.25) is 0 Å². The summed E-state index contributed by atoms with van der Waals surface area (Å²) >= 11 is 0. The molecule has 1 atom stereocenters. The van der Waals surface area contributed by atoms with Crippen molar-refractivity contribution in [3.05, 3.63) is 53.7 Å². The molecule has 1 amide bonds. The highest BCUT2D eigenvalue weighted by Crippen LogP contribution is 2.34. The first-order valence-corrected chi connectivity index (χ1v) is 7.31. The molecule has 2 heterocycles. The molecule has 3 rings (SSSR count). The summed E-state index contributed by atoms with van der Waals surface area (Å²) in [6.07, 6.45) is 1.98. The zero-order valence-corrected chi connectivity index (χ0v) is 12.3. The second-order valence-corrected chi connectivity index (χ2v) is 5.26. The number of carbonyl (C=O) groups excluding carboxylic acids is 1. The third-order valence-electron chi connectivity index (χ3n) is 3.79. The smallest absolute Gasteiger partial charge is 0.410 e. The molecular formula is C16H16N2O5. The molecule has 1 aromatic carbocycles. The van der Waals surface area contributed by atoms with E-state index in [1.807, 2.05) is 30.3 Å². The van der Waals surface area contributed by atoms with Crippen LogP contribution in [0.1, 0.15) is 40.7 Å². The molecule has 2 aromatic rings. The van der Waals surface area contributed by atoms with E-state index in [1.165, 1.54) is 4.90 Å². The number of amides is 1. The molecule has 1 aliphatic rings. The molecule has 1 aromatic heterocycles. The highest BCUT2D eigenvalue weighted by atomic mass is 16.6. The van der Waals surface area contributed by atoms with E-state index in [-0.39, 0.29) is 18.1 Å². The minimum atomic E-state index is -1.17. The third-order valence-corrected chi connectivity index (χ3v) is 3.79.